The minimum atomic E-state index is -4.39. The van der Waals surface area contributed by atoms with E-state index in [-0.39, 0.29) is 6.04 Å². The number of aromatic nitrogens is 1. The highest BCUT2D eigenvalue weighted by Crippen LogP contribution is 2.38. The summed E-state index contributed by atoms with van der Waals surface area (Å²) >= 11 is 0. The van der Waals surface area contributed by atoms with Crippen LogP contribution in [0.15, 0.2) is 18.3 Å². The van der Waals surface area contributed by atoms with Crippen molar-refractivity contribution in [1.29, 1.82) is 0 Å². The smallest absolute Gasteiger partial charge is 0.371 e. The van der Waals surface area contributed by atoms with Crippen molar-refractivity contribution in [3.8, 4) is 0 Å². The van der Waals surface area contributed by atoms with Gasteiger partial charge < -0.3 is 10.6 Å². The van der Waals surface area contributed by atoms with Gasteiger partial charge in [-0.15, -0.1) is 0 Å². The monoisotopic (exact) mass is 271 g/mol. The third kappa shape index (κ3) is 2.29. The van der Waals surface area contributed by atoms with Gasteiger partial charge in [0.25, 0.3) is 0 Å². The molecule has 2 fully saturated rings. The molecule has 19 heavy (non-hydrogen) atoms. The quantitative estimate of drug-likeness (QED) is 0.852. The van der Waals surface area contributed by atoms with Gasteiger partial charge in [-0.2, -0.15) is 13.2 Å². The van der Waals surface area contributed by atoms with Crippen molar-refractivity contribution in [1.82, 2.24) is 4.98 Å². The Kier molecular flexibility index (Phi) is 2.92. The number of anilines is 1. The molecule has 1 aromatic rings. The molecule has 3 rings (SSSR count). The number of piperidine rings is 1. The van der Waals surface area contributed by atoms with E-state index in [9.17, 15) is 13.2 Å². The van der Waals surface area contributed by atoms with Gasteiger partial charge in [-0.1, -0.05) is 0 Å². The topological polar surface area (TPSA) is 42.1 Å². The van der Waals surface area contributed by atoms with Crippen LogP contribution in [-0.2, 0) is 6.18 Å². The van der Waals surface area contributed by atoms with Gasteiger partial charge in [-0.05, 0) is 36.8 Å². The van der Waals surface area contributed by atoms with Crippen molar-refractivity contribution >= 4 is 5.69 Å². The van der Waals surface area contributed by atoms with Crippen molar-refractivity contribution in [3.05, 3.63) is 24.0 Å². The lowest BCUT2D eigenvalue weighted by atomic mass is 9.93. The summed E-state index contributed by atoms with van der Waals surface area (Å²) < 4.78 is 38.0. The van der Waals surface area contributed by atoms with Crippen molar-refractivity contribution < 1.29 is 13.2 Å². The number of rotatable bonds is 1. The summed E-state index contributed by atoms with van der Waals surface area (Å²) in [7, 11) is 0. The number of hydrogen-bond donors (Lipinski definition) is 1. The van der Waals surface area contributed by atoms with Crippen LogP contribution in [0.25, 0.3) is 0 Å². The second-order valence-corrected chi connectivity index (χ2v) is 5.48. The molecule has 0 unspecified atom stereocenters. The fourth-order valence-electron chi connectivity index (χ4n) is 3.25. The number of nitrogens with zero attached hydrogens (tertiary/aromatic N) is 2. The van der Waals surface area contributed by atoms with Crippen LogP contribution in [0, 0.1) is 11.8 Å². The Morgan fingerprint density at radius 2 is 1.84 bits per heavy atom. The molecule has 104 valence electrons. The molecule has 0 amide bonds. The Hall–Kier alpha value is -1.30. The number of pyridine rings is 1. The predicted octanol–water partition coefficient (Wildman–Crippen LogP) is 2.27. The van der Waals surface area contributed by atoms with Crippen LogP contribution in [0.1, 0.15) is 18.5 Å². The minimum absolute atomic E-state index is 0.208. The molecule has 1 aliphatic carbocycles. The SMILES string of the molecule is NC1[C@@H]2CC[C@@H]1CN(c1ccnc(C(F)(F)F)c1)C2. The van der Waals surface area contributed by atoms with E-state index < -0.39 is 11.9 Å². The number of hydrogen-bond acceptors (Lipinski definition) is 3. The highest BCUT2D eigenvalue weighted by atomic mass is 19.4. The van der Waals surface area contributed by atoms with E-state index in [0.29, 0.717) is 17.5 Å². The van der Waals surface area contributed by atoms with E-state index in [0.717, 1.165) is 32.0 Å². The van der Waals surface area contributed by atoms with Crippen LogP contribution < -0.4 is 10.6 Å². The molecule has 2 bridgehead atoms. The summed E-state index contributed by atoms with van der Waals surface area (Å²) in [6.45, 7) is 1.50. The first kappa shape index (κ1) is 12.7. The maximum absolute atomic E-state index is 12.7. The zero-order valence-corrected chi connectivity index (χ0v) is 10.4. The van der Waals surface area contributed by atoms with Crippen molar-refractivity contribution in [3.63, 3.8) is 0 Å². The van der Waals surface area contributed by atoms with Crippen molar-refractivity contribution in [2.24, 2.45) is 17.6 Å². The van der Waals surface area contributed by atoms with Gasteiger partial charge in [0.1, 0.15) is 5.69 Å². The first-order chi connectivity index (χ1) is 8.95. The minimum Gasteiger partial charge on any atom is -0.371 e. The van der Waals surface area contributed by atoms with Crippen LogP contribution in [-0.4, -0.2) is 24.1 Å². The number of halogens is 3. The fraction of sp³-hybridized carbons (Fsp3) is 0.615. The van der Waals surface area contributed by atoms with Crippen LogP contribution in [0.4, 0.5) is 18.9 Å². The zero-order chi connectivity index (χ0) is 13.6. The molecule has 2 heterocycles. The molecule has 0 radical (unpaired) electrons. The van der Waals surface area contributed by atoms with Gasteiger partial charge in [0.05, 0.1) is 0 Å². The normalized spacial score (nSPS) is 30.7. The predicted molar refractivity (Wildman–Crippen MR) is 65.6 cm³/mol. The molecule has 6 heteroatoms. The molecule has 1 aliphatic heterocycles. The lowest BCUT2D eigenvalue weighted by Crippen LogP contribution is -2.48. The summed E-state index contributed by atoms with van der Waals surface area (Å²) in [5.74, 6) is 0.808. The summed E-state index contributed by atoms with van der Waals surface area (Å²) in [5.41, 5.74) is 5.88. The van der Waals surface area contributed by atoms with E-state index in [4.69, 9.17) is 5.73 Å². The molecule has 1 saturated carbocycles. The Morgan fingerprint density at radius 3 is 2.42 bits per heavy atom. The van der Waals surface area contributed by atoms with Crippen LogP contribution in [0.3, 0.4) is 0 Å². The number of nitrogens with two attached hydrogens (primary N) is 1. The second-order valence-electron chi connectivity index (χ2n) is 5.48. The molecule has 3 nitrogen and oxygen atoms in total. The Balaban J connectivity index is 1.84. The lowest BCUT2D eigenvalue weighted by Gasteiger charge is -2.37. The third-order valence-electron chi connectivity index (χ3n) is 4.31. The van der Waals surface area contributed by atoms with Crippen molar-refractivity contribution in [2.75, 3.05) is 18.0 Å². The lowest BCUT2D eigenvalue weighted by molar-refractivity contribution is -0.141. The number of alkyl halides is 3. The molecule has 1 aromatic heterocycles. The number of fused-ring (bicyclic) bond motifs is 2. The summed E-state index contributed by atoms with van der Waals surface area (Å²) in [5, 5.41) is 0. The highest BCUT2D eigenvalue weighted by molar-refractivity contribution is 5.48. The highest BCUT2D eigenvalue weighted by Gasteiger charge is 2.40. The average Bonchev–Trinajstić information content (AvgIpc) is 2.61. The molecule has 1 saturated heterocycles. The first-order valence-electron chi connectivity index (χ1n) is 6.49. The van der Waals surface area contributed by atoms with Gasteiger partial charge in [0.15, 0.2) is 0 Å². The van der Waals surface area contributed by atoms with E-state index in [1.807, 2.05) is 4.90 Å². The summed E-state index contributed by atoms with van der Waals surface area (Å²) in [6, 6.07) is 2.99. The zero-order valence-electron chi connectivity index (χ0n) is 10.4. The molecule has 2 aliphatic rings. The maximum Gasteiger partial charge on any atom is 0.433 e. The second kappa shape index (κ2) is 4.37. The molecule has 2 atom stereocenters. The molecule has 0 aromatic carbocycles. The van der Waals surface area contributed by atoms with Gasteiger partial charge in [-0.25, -0.2) is 0 Å². The summed E-state index contributed by atoms with van der Waals surface area (Å²) in [4.78, 5) is 5.41. The van der Waals surface area contributed by atoms with Crippen LogP contribution in [0.2, 0.25) is 0 Å². The first-order valence-corrected chi connectivity index (χ1v) is 6.49. The largest absolute Gasteiger partial charge is 0.433 e. The van der Waals surface area contributed by atoms with Crippen LogP contribution >= 0.6 is 0 Å². The molecular weight excluding hydrogens is 255 g/mol. The molecule has 2 N–H and O–H groups in total. The third-order valence-corrected chi connectivity index (χ3v) is 4.31. The van der Waals surface area contributed by atoms with Crippen molar-refractivity contribution in [2.45, 2.75) is 25.1 Å². The van der Waals surface area contributed by atoms with Crippen LogP contribution in [0.5, 0.6) is 0 Å². The summed E-state index contributed by atoms with van der Waals surface area (Å²) in [6.07, 6.45) is -0.991. The fourth-order valence-corrected chi connectivity index (χ4v) is 3.25. The molecule has 0 spiro atoms. The Labute approximate surface area is 109 Å². The average molecular weight is 271 g/mol. The van der Waals surface area contributed by atoms with E-state index in [1.54, 1.807) is 6.07 Å². The van der Waals surface area contributed by atoms with Gasteiger partial charge in [-0.3, -0.25) is 4.98 Å². The Morgan fingerprint density at radius 1 is 1.21 bits per heavy atom. The van der Waals surface area contributed by atoms with Gasteiger partial charge >= 0.3 is 6.18 Å². The van der Waals surface area contributed by atoms with E-state index in [1.165, 1.54) is 6.20 Å². The standard InChI is InChI=1S/C13H16F3N3/c14-13(15,16)11-5-10(3-4-18-11)19-6-8-1-2-9(7-19)12(8)17/h3-5,8-9,12H,1-2,6-7,17H2/t8-,9-/m1/s1. The van der Waals surface area contributed by atoms with Gasteiger partial charge in [0.2, 0.25) is 0 Å². The van der Waals surface area contributed by atoms with E-state index in [2.05, 4.69) is 4.98 Å². The van der Waals surface area contributed by atoms with E-state index >= 15 is 0 Å². The Bertz CT molecular complexity index is 460. The maximum atomic E-state index is 12.7. The van der Waals surface area contributed by atoms with Gasteiger partial charge in [0, 0.05) is 31.0 Å². The molecular formula is C13H16F3N3.